The molecule has 1 aromatic carbocycles. The summed E-state index contributed by atoms with van der Waals surface area (Å²) < 4.78 is 5.54. The number of benzene rings is 1. The highest BCUT2D eigenvalue weighted by atomic mass is 16.5. The topological polar surface area (TPSA) is 48.0 Å². The van der Waals surface area contributed by atoms with Crippen LogP contribution in [0.4, 0.5) is 0 Å². The Kier molecular flexibility index (Phi) is 8.22. The molecule has 0 bridgehead atoms. The first-order valence-corrected chi connectivity index (χ1v) is 11.9. The molecule has 0 saturated carbocycles. The van der Waals surface area contributed by atoms with Gasteiger partial charge in [-0.3, -0.25) is 0 Å². The van der Waals surface area contributed by atoms with E-state index in [1.165, 1.54) is 63.0 Å². The minimum atomic E-state index is 0.0504. The van der Waals surface area contributed by atoms with Crippen LogP contribution < -0.4 is 5.32 Å². The summed E-state index contributed by atoms with van der Waals surface area (Å²) in [6.07, 6.45) is 14.6. The van der Waals surface area contributed by atoms with Gasteiger partial charge in [0, 0.05) is 37.9 Å². The van der Waals surface area contributed by atoms with Crippen LogP contribution in [0.15, 0.2) is 66.1 Å². The van der Waals surface area contributed by atoms with Crippen LogP contribution >= 0.6 is 0 Å². The first-order valence-electron chi connectivity index (χ1n) is 11.9. The largest absolute Gasteiger partial charge is 0.492 e. The number of allylic oxidation sites excluding steroid dienone is 4. The fraction of sp³-hybridized carbons (Fsp3) is 0.538. The van der Waals surface area contributed by atoms with Crippen molar-refractivity contribution in [1.29, 1.82) is 0 Å². The van der Waals surface area contributed by atoms with Crippen molar-refractivity contribution in [3.05, 3.63) is 71.7 Å². The number of aliphatic hydroxyl groups excluding tert-OH is 1. The van der Waals surface area contributed by atoms with Gasteiger partial charge in [-0.2, -0.15) is 0 Å². The third-order valence-corrected chi connectivity index (χ3v) is 6.69. The molecule has 31 heavy (non-hydrogen) atoms. The van der Waals surface area contributed by atoms with E-state index in [2.05, 4.69) is 63.8 Å². The minimum absolute atomic E-state index is 0.0504. The zero-order chi connectivity index (χ0) is 21.3. The van der Waals surface area contributed by atoms with Gasteiger partial charge in [0.2, 0.25) is 0 Å². The molecule has 0 radical (unpaired) electrons. The van der Waals surface area contributed by atoms with Crippen LogP contribution in [0, 0.1) is 0 Å². The third kappa shape index (κ3) is 6.45. The van der Waals surface area contributed by atoms with Crippen LogP contribution in [0.25, 0.3) is 0 Å². The molecule has 1 aromatic rings. The summed E-state index contributed by atoms with van der Waals surface area (Å²) in [4.78, 5) is 5.31. The maximum Gasteiger partial charge on any atom is 0.115 e. The smallest absolute Gasteiger partial charge is 0.115 e. The highest BCUT2D eigenvalue weighted by Crippen LogP contribution is 2.25. The zero-order valence-electron chi connectivity index (χ0n) is 18.6. The number of rotatable bonds is 8. The zero-order valence-corrected chi connectivity index (χ0v) is 18.6. The predicted molar refractivity (Wildman–Crippen MR) is 125 cm³/mol. The molecule has 1 aliphatic carbocycles. The van der Waals surface area contributed by atoms with E-state index in [4.69, 9.17) is 9.84 Å². The molecule has 168 valence electrons. The molecule has 0 amide bonds. The average Bonchev–Trinajstić information content (AvgIpc) is 2.84. The summed E-state index contributed by atoms with van der Waals surface area (Å²) in [5.74, 6) is 0.857. The Balaban J connectivity index is 1.40. The van der Waals surface area contributed by atoms with Gasteiger partial charge in [-0.1, -0.05) is 36.4 Å². The molecular formula is C26H37N3O2. The van der Waals surface area contributed by atoms with Gasteiger partial charge in [0.1, 0.15) is 12.4 Å². The summed E-state index contributed by atoms with van der Waals surface area (Å²) in [6, 6.07) is 12.2. The van der Waals surface area contributed by atoms with E-state index < -0.39 is 0 Å². The van der Waals surface area contributed by atoms with Crippen LogP contribution in [0.2, 0.25) is 0 Å². The monoisotopic (exact) mass is 423 g/mol. The molecule has 5 nitrogen and oxygen atoms in total. The molecule has 2 aliphatic heterocycles. The lowest BCUT2D eigenvalue weighted by atomic mass is 9.97. The average molecular weight is 424 g/mol. The quantitative estimate of drug-likeness (QED) is 0.671. The molecule has 4 rings (SSSR count). The van der Waals surface area contributed by atoms with Crippen molar-refractivity contribution in [3.63, 3.8) is 0 Å². The van der Waals surface area contributed by atoms with Crippen molar-refractivity contribution in [1.82, 2.24) is 15.1 Å². The number of hydrogen-bond acceptors (Lipinski definition) is 5. The van der Waals surface area contributed by atoms with E-state index in [1.807, 2.05) is 6.08 Å². The third-order valence-electron chi connectivity index (χ3n) is 6.69. The fourth-order valence-electron chi connectivity index (χ4n) is 4.95. The molecule has 0 aromatic heterocycles. The second kappa shape index (κ2) is 11.5. The molecule has 0 spiro atoms. The Hall–Kier alpha value is -2.08. The number of piperidine rings is 2. The van der Waals surface area contributed by atoms with Gasteiger partial charge < -0.3 is 25.0 Å². The first-order chi connectivity index (χ1) is 15.3. The highest BCUT2D eigenvalue weighted by molar-refractivity contribution is 5.33. The van der Waals surface area contributed by atoms with Crippen LogP contribution in [0.3, 0.4) is 0 Å². The Bertz CT molecular complexity index is 760. The molecule has 5 heteroatoms. The number of ether oxygens (including phenoxy) is 1. The second-order valence-electron chi connectivity index (χ2n) is 8.83. The summed E-state index contributed by atoms with van der Waals surface area (Å²) in [5.41, 5.74) is 2.68. The van der Waals surface area contributed by atoms with Gasteiger partial charge >= 0.3 is 0 Å². The Morgan fingerprint density at radius 1 is 1.06 bits per heavy atom. The van der Waals surface area contributed by atoms with Gasteiger partial charge in [-0.25, -0.2) is 0 Å². The van der Waals surface area contributed by atoms with Crippen molar-refractivity contribution >= 4 is 0 Å². The molecule has 2 heterocycles. The lowest BCUT2D eigenvalue weighted by molar-refractivity contribution is 0.0888. The second-order valence-corrected chi connectivity index (χ2v) is 8.83. The molecule has 2 saturated heterocycles. The van der Waals surface area contributed by atoms with Crippen LogP contribution in [-0.2, 0) is 11.3 Å². The van der Waals surface area contributed by atoms with Gasteiger partial charge in [0.25, 0.3) is 0 Å². The molecule has 0 unspecified atom stereocenters. The van der Waals surface area contributed by atoms with E-state index >= 15 is 0 Å². The Morgan fingerprint density at radius 3 is 2.52 bits per heavy atom. The number of nitrogens with zero attached hydrogens (tertiary/aromatic N) is 2. The maximum atomic E-state index is 8.95. The summed E-state index contributed by atoms with van der Waals surface area (Å²) in [7, 11) is 0. The lowest BCUT2D eigenvalue weighted by Gasteiger charge is -2.42. The maximum absolute atomic E-state index is 8.95. The molecular weight excluding hydrogens is 386 g/mol. The number of nitrogens with one attached hydrogen (secondary N) is 1. The van der Waals surface area contributed by atoms with E-state index in [9.17, 15) is 0 Å². The number of likely N-dealkylation sites (tertiary alicyclic amines) is 1. The van der Waals surface area contributed by atoms with Gasteiger partial charge in [0.05, 0.1) is 6.61 Å². The van der Waals surface area contributed by atoms with E-state index in [-0.39, 0.29) is 6.61 Å². The Labute approximate surface area is 187 Å². The lowest BCUT2D eigenvalue weighted by Crippen LogP contribution is -2.49. The molecule has 3 aliphatic rings. The van der Waals surface area contributed by atoms with Crippen LogP contribution in [-0.4, -0.2) is 66.4 Å². The van der Waals surface area contributed by atoms with Crippen molar-refractivity contribution in [2.75, 3.05) is 39.4 Å². The summed E-state index contributed by atoms with van der Waals surface area (Å²) >= 11 is 0. The van der Waals surface area contributed by atoms with E-state index in [0.29, 0.717) is 12.6 Å². The first kappa shape index (κ1) is 22.1. The van der Waals surface area contributed by atoms with Crippen LogP contribution in [0.1, 0.15) is 37.7 Å². The van der Waals surface area contributed by atoms with Crippen molar-refractivity contribution in [2.24, 2.45) is 0 Å². The SMILES string of the molecule is OCCOC1=CCC(=CN(Cc2ccccc2)C2CCN(C3CCNCC3)CC2)C=C1. The molecule has 2 N–H and O–H groups in total. The van der Waals surface area contributed by atoms with E-state index in [1.54, 1.807) is 0 Å². The van der Waals surface area contributed by atoms with Crippen LogP contribution in [0.5, 0.6) is 0 Å². The standard InChI is InChI=1S/C26H37N3O2/c30-18-19-31-26-8-6-23(7-9-26)21-29(20-22-4-2-1-3-5-22)25-12-16-28(17-13-25)24-10-14-27-15-11-24/h1-6,8-9,21,24-25,27,30H,7,10-20H2. The van der Waals surface area contributed by atoms with Gasteiger partial charge in [-0.15, -0.1) is 0 Å². The normalized spacial score (nSPS) is 22.5. The number of aliphatic hydroxyl groups is 1. The predicted octanol–water partition coefficient (Wildman–Crippen LogP) is 3.44. The van der Waals surface area contributed by atoms with E-state index in [0.717, 1.165) is 24.8 Å². The minimum Gasteiger partial charge on any atom is -0.492 e. The van der Waals surface area contributed by atoms with Gasteiger partial charge in [0.15, 0.2) is 0 Å². The highest BCUT2D eigenvalue weighted by Gasteiger charge is 2.28. The fourth-order valence-corrected chi connectivity index (χ4v) is 4.95. The van der Waals surface area contributed by atoms with Gasteiger partial charge in [-0.05, 0) is 68.5 Å². The Morgan fingerprint density at radius 2 is 1.84 bits per heavy atom. The summed E-state index contributed by atoms with van der Waals surface area (Å²) in [5, 5.41) is 12.4. The molecule has 2 fully saturated rings. The summed E-state index contributed by atoms with van der Waals surface area (Å²) in [6.45, 7) is 6.10. The van der Waals surface area contributed by atoms with Crippen molar-refractivity contribution < 1.29 is 9.84 Å². The molecule has 0 atom stereocenters. The van der Waals surface area contributed by atoms with Crippen molar-refractivity contribution in [3.8, 4) is 0 Å². The number of hydrogen-bond donors (Lipinski definition) is 2. The van der Waals surface area contributed by atoms with Crippen molar-refractivity contribution in [2.45, 2.75) is 50.7 Å².